The van der Waals surface area contributed by atoms with Crippen LogP contribution in [0.5, 0.6) is 0 Å². The number of aromatic nitrogens is 2. The largest absolute Gasteiger partial charge is 0.465 e. The maximum atomic E-state index is 11.9. The van der Waals surface area contributed by atoms with Gasteiger partial charge < -0.3 is 15.4 Å². The average Bonchev–Trinajstić information content (AvgIpc) is 2.69. The lowest BCUT2D eigenvalue weighted by Gasteiger charge is -2.11. The summed E-state index contributed by atoms with van der Waals surface area (Å²) in [4.78, 5) is 20.3. The highest BCUT2D eigenvalue weighted by molar-refractivity contribution is 5.96. The topological polar surface area (TPSA) is 76.1 Å². The minimum absolute atomic E-state index is 0.400. The van der Waals surface area contributed by atoms with Crippen molar-refractivity contribution in [2.75, 3.05) is 24.3 Å². The van der Waals surface area contributed by atoms with E-state index in [0.29, 0.717) is 22.9 Å². The zero-order chi connectivity index (χ0) is 18.2. The lowest BCUT2D eigenvalue weighted by molar-refractivity contribution is 0.0602. The molecule has 1 heterocycles. The Hall–Kier alpha value is -3.41. The van der Waals surface area contributed by atoms with Crippen molar-refractivity contribution in [2.24, 2.45) is 0 Å². The van der Waals surface area contributed by atoms with Gasteiger partial charge in [0, 0.05) is 12.6 Å². The van der Waals surface area contributed by atoms with Crippen molar-refractivity contribution in [1.29, 1.82) is 0 Å². The highest BCUT2D eigenvalue weighted by Crippen LogP contribution is 2.21. The summed E-state index contributed by atoms with van der Waals surface area (Å²) in [6.07, 6.45) is 2.38. The molecule has 0 atom stereocenters. The van der Waals surface area contributed by atoms with Gasteiger partial charge in [0.2, 0.25) is 0 Å². The van der Waals surface area contributed by atoms with Crippen LogP contribution in [0.15, 0.2) is 67.0 Å². The lowest BCUT2D eigenvalue weighted by Crippen LogP contribution is -2.08. The second-order valence-electron chi connectivity index (χ2n) is 5.61. The molecule has 0 aliphatic heterocycles. The van der Waals surface area contributed by atoms with E-state index in [1.165, 1.54) is 19.0 Å². The van der Waals surface area contributed by atoms with E-state index in [9.17, 15) is 4.79 Å². The Labute approximate surface area is 152 Å². The van der Waals surface area contributed by atoms with Crippen LogP contribution >= 0.6 is 0 Å². The number of anilines is 3. The van der Waals surface area contributed by atoms with Crippen LogP contribution in [0, 0.1) is 0 Å². The molecule has 0 saturated heterocycles. The molecule has 0 aliphatic rings. The van der Waals surface area contributed by atoms with E-state index >= 15 is 0 Å². The van der Waals surface area contributed by atoms with Crippen molar-refractivity contribution in [3.8, 4) is 0 Å². The first-order valence-electron chi connectivity index (χ1n) is 8.30. The van der Waals surface area contributed by atoms with Gasteiger partial charge in [-0.2, -0.15) is 0 Å². The van der Waals surface area contributed by atoms with Crippen molar-refractivity contribution in [3.05, 3.63) is 78.1 Å². The molecule has 0 radical (unpaired) electrons. The van der Waals surface area contributed by atoms with Crippen molar-refractivity contribution in [1.82, 2.24) is 9.97 Å². The smallest absolute Gasteiger partial charge is 0.339 e. The molecule has 1 aromatic heterocycles. The van der Waals surface area contributed by atoms with E-state index in [2.05, 4.69) is 32.7 Å². The monoisotopic (exact) mass is 348 g/mol. The van der Waals surface area contributed by atoms with Gasteiger partial charge >= 0.3 is 5.97 Å². The first kappa shape index (κ1) is 17.4. The molecule has 0 saturated carbocycles. The molecule has 0 fully saturated rings. The molecular formula is C20H20N4O2. The zero-order valence-electron chi connectivity index (χ0n) is 14.5. The van der Waals surface area contributed by atoms with Gasteiger partial charge in [0.05, 0.1) is 18.4 Å². The van der Waals surface area contributed by atoms with E-state index in [0.717, 1.165) is 13.0 Å². The average molecular weight is 348 g/mol. The molecule has 3 aromatic rings. The Morgan fingerprint density at radius 2 is 1.73 bits per heavy atom. The first-order chi connectivity index (χ1) is 12.8. The Morgan fingerprint density at radius 1 is 1.00 bits per heavy atom. The molecule has 0 bridgehead atoms. The Bertz CT molecular complexity index is 868. The lowest BCUT2D eigenvalue weighted by atomic mass is 10.1. The maximum Gasteiger partial charge on any atom is 0.339 e. The molecule has 0 aliphatic carbocycles. The Balaban J connectivity index is 1.65. The molecule has 132 valence electrons. The highest BCUT2D eigenvalue weighted by Gasteiger charge is 2.11. The Kier molecular flexibility index (Phi) is 5.77. The fourth-order valence-electron chi connectivity index (χ4n) is 2.52. The second kappa shape index (κ2) is 8.62. The van der Waals surface area contributed by atoms with E-state index in [-0.39, 0.29) is 0 Å². The number of hydrogen-bond donors (Lipinski definition) is 2. The van der Waals surface area contributed by atoms with E-state index in [4.69, 9.17) is 4.74 Å². The predicted octanol–water partition coefficient (Wildman–Crippen LogP) is 3.66. The van der Waals surface area contributed by atoms with Gasteiger partial charge in [-0.3, -0.25) is 0 Å². The maximum absolute atomic E-state index is 11.9. The number of para-hydroxylation sites is 1. The number of carbonyl (C=O) groups is 1. The predicted molar refractivity (Wildman–Crippen MR) is 102 cm³/mol. The fourth-order valence-corrected chi connectivity index (χ4v) is 2.52. The van der Waals surface area contributed by atoms with Crippen molar-refractivity contribution in [2.45, 2.75) is 6.42 Å². The standard InChI is InChI=1S/C20H20N4O2/c1-26-20(25)16-9-5-6-10-17(16)24-19-13-18(22-14-23-19)21-12-11-15-7-3-2-4-8-15/h2-10,13-14H,11-12H2,1H3,(H2,21,22,23,24). The van der Waals surface area contributed by atoms with Crippen LogP contribution in [0.4, 0.5) is 17.3 Å². The number of nitrogens with zero attached hydrogens (tertiary/aromatic N) is 2. The van der Waals surface area contributed by atoms with Crippen molar-refractivity contribution < 1.29 is 9.53 Å². The Morgan fingerprint density at radius 3 is 2.54 bits per heavy atom. The number of rotatable bonds is 7. The van der Waals surface area contributed by atoms with E-state index in [1.54, 1.807) is 24.3 Å². The number of nitrogens with one attached hydrogen (secondary N) is 2. The van der Waals surface area contributed by atoms with Gasteiger partial charge in [-0.25, -0.2) is 14.8 Å². The summed E-state index contributed by atoms with van der Waals surface area (Å²) in [6, 6.07) is 19.2. The van der Waals surface area contributed by atoms with E-state index < -0.39 is 5.97 Å². The third-order valence-corrected chi connectivity index (χ3v) is 3.82. The highest BCUT2D eigenvalue weighted by atomic mass is 16.5. The molecule has 2 N–H and O–H groups in total. The molecule has 6 heteroatoms. The molecule has 0 unspecified atom stereocenters. The van der Waals surface area contributed by atoms with Crippen LogP contribution in [-0.2, 0) is 11.2 Å². The third-order valence-electron chi connectivity index (χ3n) is 3.82. The summed E-state index contributed by atoms with van der Waals surface area (Å²) >= 11 is 0. The minimum Gasteiger partial charge on any atom is -0.465 e. The normalized spacial score (nSPS) is 10.2. The third kappa shape index (κ3) is 4.57. The number of methoxy groups -OCH3 is 1. The molecule has 0 amide bonds. The molecule has 0 spiro atoms. The summed E-state index contributed by atoms with van der Waals surface area (Å²) in [5.74, 6) is 0.913. The summed E-state index contributed by atoms with van der Waals surface area (Å²) < 4.78 is 4.81. The summed E-state index contributed by atoms with van der Waals surface area (Å²) in [5, 5.41) is 6.43. The van der Waals surface area contributed by atoms with Crippen molar-refractivity contribution >= 4 is 23.3 Å². The van der Waals surface area contributed by atoms with Crippen LogP contribution in [0.25, 0.3) is 0 Å². The number of ether oxygens (including phenoxy) is 1. The first-order valence-corrected chi connectivity index (χ1v) is 8.30. The SMILES string of the molecule is COC(=O)c1ccccc1Nc1cc(NCCc2ccccc2)ncn1. The van der Waals surface area contributed by atoms with Gasteiger partial charge in [-0.15, -0.1) is 0 Å². The molecule has 6 nitrogen and oxygen atoms in total. The summed E-state index contributed by atoms with van der Waals surface area (Å²) in [6.45, 7) is 0.763. The zero-order valence-corrected chi connectivity index (χ0v) is 14.5. The summed E-state index contributed by atoms with van der Waals surface area (Å²) in [5.41, 5.74) is 2.35. The quantitative estimate of drug-likeness (QED) is 0.635. The van der Waals surface area contributed by atoms with Gasteiger partial charge in [0.15, 0.2) is 0 Å². The van der Waals surface area contributed by atoms with Crippen LogP contribution in [0.3, 0.4) is 0 Å². The van der Waals surface area contributed by atoms with Crippen LogP contribution in [0.2, 0.25) is 0 Å². The number of benzene rings is 2. The fraction of sp³-hybridized carbons (Fsp3) is 0.150. The van der Waals surface area contributed by atoms with Crippen molar-refractivity contribution in [3.63, 3.8) is 0 Å². The molecular weight excluding hydrogens is 328 g/mol. The second-order valence-corrected chi connectivity index (χ2v) is 5.61. The molecule has 3 rings (SSSR count). The minimum atomic E-state index is -0.400. The number of carbonyl (C=O) groups excluding carboxylic acids is 1. The van der Waals surface area contributed by atoms with Crippen LogP contribution in [0.1, 0.15) is 15.9 Å². The van der Waals surface area contributed by atoms with Crippen LogP contribution < -0.4 is 10.6 Å². The van der Waals surface area contributed by atoms with E-state index in [1.807, 2.05) is 24.3 Å². The molecule has 2 aromatic carbocycles. The van der Waals surface area contributed by atoms with Gasteiger partial charge in [0.25, 0.3) is 0 Å². The van der Waals surface area contributed by atoms with Crippen LogP contribution in [-0.4, -0.2) is 29.6 Å². The summed E-state index contributed by atoms with van der Waals surface area (Å²) in [7, 11) is 1.36. The number of hydrogen-bond acceptors (Lipinski definition) is 6. The van der Waals surface area contributed by atoms with Gasteiger partial charge in [-0.05, 0) is 24.1 Å². The number of esters is 1. The molecule has 26 heavy (non-hydrogen) atoms. The van der Waals surface area contributed by atoms with Gasteiger partial charge in [-0.1, -0.05) is 42.5 Å². The van der Waals surface area contributed by atoms with Gasteiger partial charge in [0.1, 0.15) is 18.0 Å².